The lowest BCUT2D eigenvalue weighted by Gasteiger charge is -2.41. The number of benzene rings is 1. The molecule has 2 atom stereocenters. The molecule has 0 aromatic heterocycles. The summed E-state index contributed by atoms with van der Waals surface area (Å²) >= 11 is 0. The van der Waals surface area contributed by atoms with E-state index in [1.807, 2.05) is 29.2 Å². The zero-order valence-electron chi connectivity index (χ0n) is 20.5. The molecule has 3 aliphatic rings. The van der Waals surface area contributed by atoms with Crippen molar-refractivity contribution < 1.29 is 14.3 Å². The lowest BCUT2D eigenvalue weighted by Crippen LogP contribution is -2.51. The number of carbonyl (C=O) groups excluding carboxylic acids is 2. The predicted octanol–water partition coefficient (Wildman–Crippen LogP) is 5.82. The fourth-order valence-corrected chi connectivity index (χ4v) is 6.07. The van der Waals surface area contributed by atoms with Gasteiger partial charge in [0, 0.05) is 26.1 Å². The highest BCUT2D eigenvalue weighted by atomic mass is 16.5. The van der Waals surface area contributed by atoms with Crippen LogP contribution in [0.15, 0.2) is 24.3 Å². The molecule has 0 N–H and O–H groups in total. The van der Waals surface area contributed by atoms with Gasteiger partial charge in [-0.3, -0.25) is 9.59 Å². The summed E-state index contributed by atoms with van der Waals surface area (Å²) in [5.41, 5.74) is 0.662. The summed E-state index contributed by atoms with van der Waals surface area (Å²) in [5, 5.41) is 0. The number of ether oxygens (including phenoxy) is 1. The Morgan fingerprint density at radius 3 is 2.52 bits per heavy atom. The highest BCUT2D eigenvalue weighted by Crippen LogP contribution is 2.32. The van der Waals surface area contributed by atoms with E-state index >= 15 is 0 Å². The van der Waals surface area contributed by atoms with Crippen molar-refractivity contribution in [1.82, 2.24) is 9.80 Å². The average molecular weight is 455 g/mol. The lowest BCUT2D eigenvalue weighted by molar-refractivity contribution is -0.137. The van der Waals surface area contributed by atoms with E-state index in [1.54, 1.807) is 0 Å². The summed E-state index contributed by atoms with van der Waals surface area (Å²) in [6.07, 6.45) is 13.9. The van der Waals surface area contributed by atoms with Crippen molar-refractivity contribution in [2.24, 2.45) is 5.92 Å². The Balaban J connectivity index is 1.56. The highest BCUT2D eigenvalue weighted by Gasteiger charge is 2.35. The molecule has 0 radical (unpaired) electrons. The second-order valence-electron chi connectivity index (χ2n) is 10.3. The first kappa shape index (κ1) is 24.1. The van der Waals surface area contributed by atoms with Crippen LogP contribution in [0, 0.1) is 5.92 Å². The van der Waals surface area contributed by atoms with Gasteiger partial charge in [-0.2, -0.15) is 0 Å². The number of para-hydroxylation sites is 1. The maximum Gasteiger partial charge on any atom is 0.257 e. The third kappa shape index (κ3) is 6.10. The average Bonchev–Trinajstić information content (AvgIpc) is 3.36. The molecule has 0 spiro atoms. The molecule has 5 heteroatoms. The van der Waals surface area contributed by atoms with Crippen LogP contribution in [-0.4, -0.2) is 53.4 Å². The monoisotopic (exact) mass is 454 g/mol. The van der Waals surface area contributed by atoms with E-state index in [-0.39, 0.29) is 18.1 Å². The van der Waals surface area contributed by atoms with E-state index in [9.17, 15) is 9.59 Å². The second-order valence-corrected chi connectivity index (χ2v) is 10.3. The van der Waals surface area contributed by atoms with Crippen molar-refractivity contribution in [2.75, 3.05) is 19.6 Å². The summed E-state index contributed by atoms with van der Waals surface area (Å²) in [6.45, 7) is 4.38. The van der Waals surface area contributed by atoms with Crippen LogP contribution in [0.25, 0.3) is 0 Å². The maximum absolute atomic E-state index is 13.5. The molecular formula is C28H42N2O3. The quantitative estimate of drug-likeness (QED) is 0.563. The molecule has 33 heavy (non-hydrogen) atoms. The lowest BCUT2D eigenvalue weighted by atomic mass is 9.90. The van der Waals surface area contributed by atoms with E-state index < -0.39 is 0 Å². The van der Waals surface area contributed by atoms with Crippen LogP contribution >= 0.6 is 0 Å². The highest BCUT2D eigenvalue weighted by molar-refractivity contribution is 5.97. The summed E-state index contributed by atoms with van der Waals surface area (Å²) in [4.78, 5) is 31.0. The molecule has 0 bridgehead atoms. The second kappa shape index (κ2) is 11.9. The van der Waals surface area contributed by atoms with Gasteiger partial charge in [-0.15, -0.1) is 0 Å². The van der Waals surface area contributed by atoms with Crippen molar-refractivity contribution in [3.05, 3.63) is 29.8 Å². The molecule has 5 nitrogen and oxygen atoms in total. The summed E-state index contributed by atoms with van der Waals surface area (Å²) in [7, 11) is 0. The Kier molecular flexibility index (Phi) is 8.69. The van der Waals surface area contributed by atoms with Crippen LogP contribution < -0.4 is 4.74 Å². The fraction of sp³-hybridized carbons (Fsp3) is 0.714. The molecule has 0 saturated heterocycles. The summed E-state index contributed by atoms with van der Waals surface area (Å²) < 4.78 is 6.59. The van der Waals surface area contributed by atoms with Crippen molar-refractivity contribution in [3.8, 4) is 5.75 Å². The van der Waals surface area contributed by atoms with Gasteiger partial charge >= 0.3 is 0 Å². The molecule has 2 saturated carbocycles. The van der Waals surface area contributed by atoms with E-state index in [2.05, 4.69) is 11.8 Å². The minimum absolute atomic E-state index is 0.0396. The number of hydrogen-bond acceptors (Lipinski definition) is 3. The van der Waals surface area contributed by atoms with E-state index in [0.717, 1.165) is 76.9 Å². The minimum atomic E-state index is -0.0396. The van der Waals surface area contributed by atoms with Gasteiger partial charge in [-0.1, -0.05) is 51.2 Å². The first-order valence-electron chi connectivity index (χ1n) is 13.5. The van der Waals surface area contributed by atoms with Crippen molar-refractivity contribution >= 4 is 11.8 Å². The Labute approximate surface area is 199 Å². The molecule has 1 aromatic carbocycles. The zero-order chi connectivity index (χ0) is 23.0. The van der Waals surface area contributed by atoms with Crippen LogP contribution in [-0.2, 0) is 4.79 Å². The van der Waals surface area contributed by atoms with Crippen molar-refractivity contribution in [3.63, 3.8) is 0 Å². The molecule has 2 aliphatic carbocycles. The van der Waals surface area contributed by atoms with Gasteiger partial charge in [0.05, 0.1) is 11.6 Å². The Bertz CT molecular complexity index is 789. The topological polar surface area (TPSA) is 49.9 Å². The predicted molar refractivity (Wildman–Crippen MR) is 131 cm³/mol. The normalized spacial score (nSPS) is 24.9. The van der Waals surface area contributed by atoms with E-state index in [1.165, 1.54) is 25.7 Å². The fourth-order valence-electron chi connectivity index (χ4n) is 6.07. The Morgan fingerprint density at radius 2 is 1.70 bits per heavy atom. The van der Waals surface area contributed by atoms with Crippen LogP contribution in [0.4, 0.5) is 0 Å². The van der Waals surface area contributed by atoms with Gasteiger partial charge in [0.1, 0.15) is 11.9 Å². The number of rotatable bonds is 5. The molecule has 1 aromatic rings. The number of hydrogen-bond donors (Lipinski definition) is 0. The van der Waals surface area contributed by atoms with Gasteiger partial charge in [-0.05, 0) is 63.0 Å². The van der Waals surface area contributed by atoms with Gasteiger partial charge in [0.25, 0.3) is 5.91 Å². The van der Waals surface area contributed by atoms with Crippen LogP contribution in [0.3, 0.4) is 0 Å². The van der Waals surface area contributed by atoms with Gasteiger partial charge < -0.3 is 14.5 Å². The Hall–Kier alpha value is -2.04. The maximum atomic E-state index is 13.5. The number of nitrogens with zero attached hydrogens (tertiary/aromatic N) is 2. The summed E-state index contributed by atoms with van der Waals surface area (Å²) in [5.74, 6) is 1.80. The first-order valence-corrected chi connectivity index (χ1v) is 13.5. The smallest absolute Gasteiger partial charge is 0.257 e. The molecular weight excluding hydrogens is 412 g/mol. The van der Waals surface area contributed by atoms with Crippen LogP contribution in [0.2, 0.25) is 0 Å². The van der Waals surface area contributed by atoms with Crippen LogP contribution in [0.5, 0.6) is 5.75 Å². The number of carbonyl (C=O) groups is 2. The molecule has 1 aliphatic heterocycles. The van der Waals surface area contributed by atoms with E-state index in [4.69, 9.17) is 4.74 Å². The van der Waals surface area contributed by atoms with Gasteiger partial charge in [0.15, 0.2) is 0 Å². The largest absolute Gasteiger partial charge is 0.487 e. The van der Waals surface area contributed by atoms with Crippen LogP contribution in [0.1, 0.15) is 101 Å². The van der Waals surface area contributed by atoms with Gasteiger partial charge in [-0.25, -0.2) is 0 Å². The molecule has 0 unspecified atom stereocenters. The molecule has 4 rings (SSSR count). The molecule has 2 amide bonds. The number of amides is 2. The first-order chi connectivity index (χ1) is 16.2. The minimum Gasteiger partial charge on any atom is -0.487 e. The SMILES string of the molecule is CCCN1CCCCN(C(=O)CCC2CCCC2)[C@@H]2CCCC[C@@H]2Oc2ccccc2C1=O. The third-order valence-corrected chi connectivity index (χ3v) is 7.88. The summed E-state index contributed by atoms with van der Waals surface area (Å²) in [6, 6.07) is 7.82. The van der Waals surface area contributed by atoms with Crippen molar-refractivity contribution in [2.45, 2.75) is 103 Å². The standard InChI is InChI=1S/C28H42N2O3/c1-2-19-29-20-9-10-21-30(27(31)18-17-22-11-3-4-12-22)24-14-6-8-16-26(24)33-25-15-7-5-13-23(25)28(29)32/h5,7,13,15,22,24,26H,2-4,6,8-12,14,16-21H2,1H3/t24-,26+/m1/s1. The van der Waals surface area contributed by atoms with E-state index in [0.29, 0.717) is 23.6 Å². The number of fused-ring (bicyclic) bond motifs is 2. The van der Waals surface area contributed by atoms with Gasteiger partial charge in [0.2, 0.25) is 5.91 Å². The zero-order valence-corrected chi connectivity index (χ0v) is 20.5. The van der Waals surface area contributed by atoms with Crippen molar-refractivity contribution in [1.29, 1.82) is 0 Å². The molecule has 2 fully saturated rings. The Morgan fingerprint density at radius 1 is 0.970 bits per heavy atom. The third-order valence-electron chi connectivity index (χ3n) is 7.88. The molecule has 1 heterocycles. The molecule has 182 valence electrons.